The summed E-state index contributed by atoms with van der Waals surface area (Å²) in [7, 11) is 0. The molecule has 0 aromatic carbocycles. The molecule has 1 aromatic heterocycles. The minimum atomic E-state index is 0.868. The molecular weight excluding hydrogens is 130 g/mol. The minimum absolute atomic E-state index is 0.868. The molecule has 0 atom stereocenters. The van der Waals surface area contributed by atoms with Gasteiger partial charge in [0.2, 0.25) is 0 Å². The third kappa shape index (κ3) is 1.33. The van der Waals surface area contributed by atoms with Gasteiger partial charge in [0.15, 0.2) is 0 Å². The molecule has 0 bridgehead atoms. The largest absolute Gasteiger partial charge is 0.264 e. The van der Waals surface area contributed by atoms with Gasteiger partial charge in [-0.3, -0.25) is 4.98 Å². The summed E-state index contributed by atoms with van der Waals surface area (Å²) < 4.78 is 0. The monoisotopic (exact) mass is 137 g/mol. The highest BCUT2D eigenvalue weighted by atomic mass is 32.1. The predicted octanol–water partition coefficient (Wildman–Crippen LogP) is 2.01. The maximum absolute atomic E-state index is 4.14. The van der Waals surface area contributed by atoms with E-state index in [1.165, 1.54) is 0 Å². The maximum Gasteiger partial charge on any atom is 0.0407 e. The summed E-state index contributed by atoms with van der Waals surface area (Å²) >= 11 is 4.14. The van der Waals surface area contributed by atoms with Gasteiger partial charge in [-0.15, -0.1) is 12.6 Å². The fourth-order valence-electron chi connectivity index (χ4n) is 0.569. The topological polar surface area (TPSA) is 12.9 Å². The molecule has 1 heterocycles. The second kappa shape index (κ2) is 2.69. The van der Waals surface area contributed by atoms with Crippen molar-refractivity contribution in [3.05, 3.63) is 30.6 Å². The second-order valence-electron chi connectivity index (χ2n) is 1.64. The quantitative estimate of drug-likeness (QED) is 0.584. The molecule has 1 aromatic rings. The molecule has 0 unspecified atom stereocenters. The molecule has 1 rings (SSSR count). The van der Waals surface area contributed by atoms with Crippen LogP contribution in [0.15, 0.2) is 29.9 Å². The Morgan fingerprint density at radius 3 is 2.89 bits per heavy atom. The summed E-state index contributed by atoms with van der Waals surface area (Å²) in [5.74, 6) is 0. The smallest absolute Gasteiger partial charge is 0.0407 e. The van der Waals surface area contributed by atoms with Crippen LogP contribution in [0.3, 0.4) is 0 Å². The lowest BCUT2D eigenvalue weighted by molar-refractivity contribution is 1.23. The first-order valence-corrected chi connectivity index (χ1v) is 3.04. The van der Waals surface area contributed by atoms with Crippen molar-refractivity contribution >= 4 is 18.7 Å². The standard InChI is InChI=1S/C7H7NS/c1-2-6-3-4-8-5-7(6)9/h2-5,9H,1H2. The van der Waals surface area contributed by atoms with Crippen LogP contribution in [-0.4, -0.2) is 4.98 Å². The Kier molecular flexibility index (Phi) is 1.90. The number of nitrogens with zero attached hydrogens (tertiary/aromatic N) is 1. The van der Waals surface area contributed by atoms with Crippen LogP contribution in [0.25, 0.3) is 6.08 Å². The molecule has 0 radical (unpaired) electrons. The molecule has 9 heavy (non-hydrogen) atoms. The summed E-state index contributed by atoms with van der Waals surface area (Å²) in [6, 6.07) is 1.87. The zero-order valence-corrected chi connectivity index (χ0v) is 5.81. The van der Waals surface area contributed by atoms with Gasteiger partial charge in [-0.25, -0.2) is 0 Å². The summed E-state index contributed by atoms with van der Waals surface area (Å²) in [5, 5.41) is 0. The van der Waals surface area contributed by atoms with Crippen molar-refractivity contribution in [2.75, 3.05) is 0 Å². The first-order valence-electron chi connectivity index (χ1n) is 2.60. The Morgan fingerprint density at radius 1 is 1.67 bits per heavy atom. The van der Waals surface area contributed by atoms with Crippen LogP contribution in [0.4, 0.5) is 0 Å². The van der Waals surface area contributed by atoms with Gasteiger partial charge in [-0.05, 0) is 11.6 Å². The van der Waals surface area contributed by atoms with E-state index < -0.39 is 0 Å². The molecule has 0 amide bonds. The Labute approximate surface area is 59.8 Å². The lowest BCUT2D eigenvalue weighted by Crippen LogP contribution is -1.75. The van der Waals surface area contributed by atoms with Crippen molar-refractivity contribution in [3.63, 3.8) is 0 Å². The number of aromatic nitrogens is 1. The molecule has 0 saturated heterocycles. The molecule has 46 valence electrons. The molecule has 0 aliphatic rings. The summed E-state index contributed by atoms with van der Waals surface area (Å²) in [5.41, 5.74) is 1.02. The van der Waals surface area contributed by atoms with Crippen LogP contribution in [0.1, 0.15) is 5.56 Å². The molecule has 0 N–H and O–H groups in total. The minimum Gasteiger partial charge on any atom is -0.264 e. The maximum atomic E-state index is 4.14. The molecule has 0 spiro atoms. The first kappa shape index (κ1) is 6.36. The van der Waals surface area contributed by atoms with Crippen molar-refractivity contribution in [2.24, 2.45) is 0 Å². The zero-order valence-electron chi connectivity index (χ0n) is 4.91. The number of rotatable bonds is 1. The van der Waals surface area contributed by atoms with Gasteiger partial charge < -0.3 is 0 Å². The third-order valence-electron chi connectivity index (χ3n) is 1.05. The van der Waals surface area contributed by atoms with Crippen molar-refractivity contribution in [3.8, 4) is 0 Å². The lowest BCUT2D eigenvalue weighted by Gasteiger charge is -1.93. The second-order valence-corrected chi connectivity index (χ2v) is 2.12. The zero-order chi connectivity index (χ0) is 6.69. The summed E-state index contributed by atoms with van der Waals surface area (Å²) in [6.45, 7) is 3.62. The molecule has 1 nitrogen and oxygen atoms in total. The van der Waals surface area contributed by atoms with Crippen LogP contribution in [-0.2, 0) is 0 Å². The van der Waals surface area contributed by atoms with Crippen LogP contribution in [0.5, 0.6) is 0 Å². The van der Waals surface area contributed by atoms with Gasteiger partial charge in [-0.2, -0.15) is 0 Å². The van der Waals surface area contributed by atoms with Gasteiger partial charge >= 0.3 is 0 Å². The fourth-order valence-corrected chi connectivity index (χ4v) is 0.802. The molecule has 0 aliphatic heterocycles. The van der Waals surface area contributed by atoms with Crippen LogP contribution < -0.4 is 0 Å². The van der Waals surface area contributed by atoms with E-state index in [9.17, 15) is 0 Å². The van der Waals surface area contributed by atoms with Crippen LogP contribution in [0, 0.1) is 0 Å². The molecule has 0 saturated carbocycles. The van der Waals surface area contributed by atoms with E-state index in [1.54, 1.807) is 18.5 Å². The van der Waals surface area contributed by atoms with Crippen LogP contribution in [0.2, 0.25) is 0 Å². The Morgan fingerprint density at radius 2 is 2.44 bits per heavy atom. The molecule has 0 fully saturated rings. The van der Waals surface area contributed by atoms with Gasteiger partial charge in [0.05, 0.1) is 0 Å². The lowest BCUT2D eigenvalue weighted by atomic mass is 10.3. The molecule has 2 heteroatoms. The van der Waals surface area contributed by atoms with Crippen molar-refractivity contribution in [1.82, 2.24) is 4.98 Å². The van der Waals surface area contributed by atoms with Gasteiger partial charge in [-0.1, -0.05) is 12.7 Å². The Hall–Kier alpha value is -0.760. The number of hydrogen-bond donors (Lipinski definition) is 1. The average molecular weight is 137 g/mol. The van der Waals surface area contributed by atoms with Gasteiger partial charge in [0.1, 0.15) is 0 Å². The highest BCUT2D eigenvalue weighted by Crippen LogP contribution is 2.11. The average Bonchev–Trinajstić information content (AvgIpc) is 1.89. The Bertz CT molecular complexity index is 220. The van der Waals surface area contributed by atoms with E-state index in [-0.39, 0.29) is 0 Å². The Balaban J connectivity index is 3.15. The van der Waals surface area contributed by atoms with Gasteiger partial charge in [0, 0.05) is 17.3 Å². The van der Waals surface area contributed by atoms with Gasteiger partial charge in [0.25, 0.3) is 0 Å². The normalized spacial score (nSPS) is 9.00. The number of thiol groups is 1. The number of pyridine rings is 1. The first-order chi connectivity index (χ1) is 4.34. The SMILES string of the molecule is C=Cc1ccncc1S. The van der Waals surface area contributed by atoms with Crippen molar-refractivity contribution in [1.29, 1.82) is 0 Å². The third-order valence-corrected chi connectivity index (χ3v) is 1.43. The van der Waals surface area contributed by atoms with E-state index in [0.29, 0.717) is 0 Å². The van der Waals surface area contributed by atoms with E-state index in [4.69, 9.17) is 0 Å². The predicted molar refractivity (Wildman–Crippen MR) is 41.6 cm³/mol. The fraction of sp³-hybridized carbons (Fsp3) is 0. The van der Waals surface area contributed by atoms with E-state index in [0.717, 1.165) is 10.5 Å². The summed E-state index contributed by atoms with van der Waals surface area (Å²) in [4.78, 5) is 4.74. The number of hydrogen-bond acceptors (Lipinski definition) is 2. The van der Waals surface area contributed by atoms with Crippen LogP contribution >= 0.6 is 12.6 Å². The van der Waals surface area contributed by atoms with E-state index in [2.05, 4.69) is 24.2 Å². The van der Waals surface area contributed by atoms with Crippen molar-refractivity contribution in [2.45, 2.75) is 4.90 Å². The van der Waals surface area contributed by atoms with E-state index in [1.807, 2.05) is 6.07 Å². The highest BCUT2D eigenvalue weighted by molar-refractivity contribution is 7.80. The molecule has 0 aliphatic carbocycles. The van der Waals surface area contributed by atoms with E-state index >= 15 is 0 Å². The summed E-state index contributed by atoms with van der Waals surface area (Å²) in [6.07, 6.45) is 5.17. The highest BCUT2D eigenvalue weighted by Gasteiger charge is 1.88. The molecular formula is C7H7NS. The van der Waals surface area contributed by atoms with Crippen molar-refractivity contribution < 1.29 is 0 Å².